The van der Waals surface area contributed by atoms with Gasteiger partial charge in [-0.3, -0.25) is 9.59 Å². The van der Waals surface area contributed by atoms with Crippen LogP contribution in [-0.2, 0) is 4.79 Å². The van der Waals surface area contributed by atoms with Gasteiger partial charge >= 0.3 is 0 Å². The van der Waals surface area contributed by atoms with E-state index in [1.165, 1.54) is 6.07 Å². The molecule has 1 aromatic rings. The zero-order chi connectivity index (χ0) is 14.5. The van der Waals surface area contributed by atoms with E-state index in [2.05, 4.69) is 5.32 Å². The number of carbonyl (C=O) groups excluding carboxylic acids is 2. The van der Waals surface area contributed by atoms with E-state index in [1.54, 1.807) is 12.1 Å². The molecule has 6 nitrogen and oxygen atoms in total. The molecule has 0 heterocycles. The Labute approximate surface area is 117 Å². The molecule has 1 aliphatic rings. The van der Waals surface area contributed by atoms with Crippen molar-refractivity contribution in [3.05, 3.63) is 23.8 Å². The lowest BCUT2D eigenvalue weighted by atomic mass is 10.1. The quantitative estimate of drug-likeness (QED) is 0.692. The molecule has 1 saturated carbocycles. The Bertz CT molecular complexity index is 510. The second kappa shape index (κ2) is 6.27. The first-order valence-electron chi connectivity index (χ1n) is 6.68. The van der Waals surface area contributed by atoms with Crippen molar-refractivity contribution in [1.82, 2.24) is 5.32 Å². The van der Waals surface area contributed by atoms with Crippen LogP contribution in [0.4, 0.5) is 5.69 Å². The molecule has 0 saturated heterocycles. The number of ether oxygens (including phenoxy) is 1. The third kappa shape index (κ3) is 3.40. The van der Waals surface area contributed by atoms with Crippen LogP contribution in [0.15, 0.2) is 18.2 Å². The summed E-state index contributed by atoms with van der Waals surface area (Å²) in [4.78, 5) is 23.1. The third-order valence-corrected chi connectivity index (χ3v) is 3.38. The van der Waals surface area contributed by atoms with Crippen molar-refractivity contribution < 1.29 is 14.3 Å². The molecule has 1 aliphatic carbocycles. The average molecular weight is 277 g/mol. The van der Waals surface area contributed by atoms with Crippen LogP contribution in [0.1, 0.15) is 36.0 Å². The Kier molecular flexibility index (Phi) is 4.45. The molecule has 0 unspecified atom stereocenters. The summed E-state index contributed by atoms with van der Waals surface area (Å²) < 4.78 is 5.36. The Hall–Kier alpha value is -2.24. The molecule has 1 fully saturated rings. The fourth-order valence-electron chi connectivity index (χ4n) is 2.39. The van der Waals surface area contributed by atoms with E-state index < -0.39 is 5.91 Å². The number of rotatable bonds is 5. The molecule has 20 heavy (non-hydrogen) atoms. The van der Waals surface area contributed by atoms with Crippen molar-refractivity contribution in [3.63, 3.8) is 0 Å². The van der Waals surface area contributed by atoms with E-state index in [0.717, 1.165) is 25.7 Å². The number of nitrogens with two attached hydrogens (primary N) is 2. The van der Waals surface area contributed by atoms with E-state index in [1.807, 2.05) is 0 Å². The molecule has 2 amide bonds. The zero-order valence-corrected chi connectivity index (χ0v) is 11.2. The van der Waals surface area contributed by atoms with Gasteiger partial charge in [0.1, 0.15) is 0 Å². The molecule has 2 rings (SSSR count). The highest BCUT2D eigenvalue weighted by molar-refractivity contribution is 5.97. The summed E-state index contributed by atoms with van der Waals surface area (Å²) in [5.41, 5.74) is 11.5. The Morgan fingerprint density at radius 1 is 1.30 bits per heavy atom. The van der Waals surface area contributed by atoms with Crippen molar-refractivity contribution in [2.75, 3.05) is 12.3 Å². The van der Waals surface area contributed by atoms with E-state index in [-0.39, 0.29) is 35.6 Å². The second-order valence-corrected chi connectivity index (χ2v) is 4.93. The first-order chi connectivity index (χ1) is 9.58. The molecule has 6 heteroatoms. The number of nitrogen functional groups attached to an aromatic ring is 1. The van der Waals surface area contributed by atoms with Gasteiger partial charge in [0, 0.05) is 6.04 Å². The third-order valence-electron chi connectivity index (χ3n) is 3.38. The number of anilines is 1. The SMILES string of the molecule is NC(=O)c1cccc(N)c1OCC(=O)NC1CCCC1. The monoisotopic (exact) mass is 277 g/mol. The van der Waals surface area contributed by atoms with Gasteiger partial charge in [0.2, 0.25) is 0 Å². The lowest BCUT2D eigenvalue weighted by molar-refractivity contribution is -0.123. The van der Waals surface area contributed by atoms with Crippen molar-refractivity contribution in [3.8, 4) is 5.75 Å². The van der Waals surface area contributed by atoms with Gasteiger partial charge in [0.25, 0.3) is 11.8 Å². The minimum atomic E-state index is -0.636. The lowest BCUT2D eigenvalue weighted by Crippen LogP contribution is -2.36. The van der Waals surface area contributed by atoms with Gasteiger partial charge in [0.15, 0.2) is 12.4 Å². The molecule has 108 valence electrons. The van der Waals surface area contributed by atoms with Crippen LogP contribution >= 0.6 is 0 Å². The molecule has 0 aliphatic heterocycles. The van der Waals surface area contributed by atoms with Crippen LogP contribution in [0.5, 0.6) is 5.75 Å². The van der Waals surface area contributed by atoms with Gasteiger partial charge in [0.05, 0.1) is 11.3 Å². The zero-order valence-electron chi connectivity index (χ0n) is 11.2. The Morgan fingerprint density at radius 2 is 2.00 bits per heavy atom. The topological polar surface area (TPSA) is 107 Å². The van der Waals surface area contributed by atoms with Gasteiger partial charge in [-0.15, -0.1) is 0 Å². The Morgan fingerprint density at radius 3 is 2.65 bits per heavy atom. The first-order valence-corrected chi connectivity index (χ1v) is 6.68. The van der Waals surface area contributed by atoms with Gasteiger partial charge in [-0.2, -0.15) is 0 Å². The van der Waals surface area contributed by atoms with Crippen molar-refractivity contribution in [1.29, 1.82) is 0 Å². The van der Waals surface area contributed by atoms with Gasteiger partial charge in [-0.25, -0.2) is 0 Å². The van der Waals surface area contributed by atoms with Crippen LogP contribution < -0.4 is 21.5 Å². The van der Waals surface area contributed by atoms with Gasteiger partial charge in [-0.05, 0) is 25.0 Å². The molecule has 0 bridgehead atoms. The maximum atomic E-state index is 11.8. The number of nitrogens with one attached hydrogen (secondary N) is 1. The van der Waals surface area contributed by atoms with Crippen molar-refractivity contribution >= 4 is 17.5 Å². The standard InChI is InChI=1S/C14H19N3O3/c15-11-7-3-6-10(14(16)19)13(11)20-8-12(18)17-9-4-1-2-5-9/h3,6-7,9H,1-2,4-5,8,15H2,(H2,16,19)(H,17,18). The van der Waals surface area contributed by atoms with Crippen molar-refractivity contribution in [2.24, 2.45) is 5.73 Å². The molecular weight excluding hydrogens is 258 g/mol. The summed E-state index contributed by atoms with van der Waals surface area (Å²) in [5, 5.41) is 2.90. The molecule has 0 aromatic heterocycles. The second-order valence-electron chi connectivity index (χ2n) is 4.93. The molecular formula is C14H19N3O3. The predicted octanol–water partition coefficient (Wildman–Crippen LogP) is 0.805. The summed E-state index contributed by atoms with van der Waals surface area (Å²) in [6, 6.07) is 4.95. The fraction of sp³-hybridized carbons (Fsp3) is 0.429. The maximum absolute atomic E-state index is 11.8. The number of amides is 2. The highest BCUT2D eigenvalue weighted by atomic mass is 16.5. The minimum Gasteiger partial charge on any atom is -0.481 e. The van der Waals surface area contributed by atoms with E-state index >= 15 is 0 Å². The van der Waals surface area contributed by atoms with Crippen LogP contribution in [-0.4, -0.2) is 24.5 Å². The summed E-state index contributed by atoms with van der Waals surface area (Å²) in [6.07, 6.45) is 4.30. The van der Waals surface area contributed by atoms with Crippen molar-refractivity contribution in [2.45, 2.75) is 31.7 Å². The first kappa shape index (κ1) is 14.2. The summed E-state index contributed by atoms with van der Waals surface area (Å²) in [7, 11) is 0. The van der Waals surface area contributed by atoms with Gasteiger partial charge < -0.3 is 21.5 Å². The maximum Gasteiger partial charge on any atom is 0.258 e. The van der Waals surface area contributed by atoms with Crippen LogP contribution in [0.25, 0.3) is 0 Å². The smallest absolute Gasteiger partial charge is 0.258 e. The molecule has 0 radical (unpaired) electrons. The van der Waals surface area contributed by atoms with Crippen LogP contribution in [0.2, 0.25) is 0 Å². The highest BCUT2D eigenvalue weighted by Crippen LogP contribution is 2.26. The molecule has 1 aromatic carbocycles. The van der Waals surface area contributed by atoms with Crippen LogP contribution in [0, 0.1) is 0 Å². The minimum absolute atomic E-state index is 0.168. The molecule has 0 atom stereocenters. The van der Waals surface area contributed by atoms with Gasteiger partial charge in [-0.1, -0.05) is 18.9 Å². The summed E-state index contributed by atoms with van der Waals surface area (Å²) in [5.74, 6) is -0.680. The predicted molar refractivity (Wildman–Crippen MR) is 75.3 cm³/mol. The summed E-state index contributed by atoms with van der Waals surface area (Å²) >= 11 is 0. The average Bonchev–Trinajstić information content (AvgIpc) is 2.89. The van der Waals surface area contributed by atoms with Crippen LogP contribution in [0.3, 0.4) is 0 Å². The Balaban J connectivity index is 1.96. The molecule has 5 N–H and O–H groups in total. The normalized spacial score (nSPS) is 15.0. The highest BCUT2D eigenvalue weighted by Gasteiger charge is 2.18. The fourth-order valence-corrected chi connectivity index (χ4v) is 2.39. The molecule has 0 spiro atoms. The van der Waals surface area contributed by atoms with E-state index in [4.69, 9.17) is 16.2 Å². The number of benzene rings is 1. The number of hydrogen-bond donors (Lipinski definition) is 3. The number of primary amides is 1. The largest absolute Gasteiger partial charge is 0.481 e. The summed E-state index contributed by atoms with van der Waals surface area (Å²) in [6.45, 7) is -0.176. The number of para-hydroxylation sites is 1. The number of carbonyl (C=O) groups is 2. The van der Waals surface area contributed by atoms with E-state index in [9.17, 15) is 9.59 Å². The number of hydrogen-bond acceptors (Lipinski definition) is 4. The lowest BCUT2D eigenvalue weighted by Gasteiger charge is -2.14. The van der Waals surface area contributed by atoms with E-state index in [0.29, 0.717) is 0 Å².